The third kappa shape index (κ3) is 8.14. The summed E-state index contributed by atoms with van der Waals surface area (Å²) in [7, 11) is 1.71. The minimum Gasteiger partial charge on any atom is -0.490 e. The quantitative estimate of drug-likeness (QED) is 0.247. The van der Waals surface area contributed by atoms with Crippen LogP contribution in [0.15, 0.2) is 79.0 Å². The highest BCUT2D eigenvalue weighted by molar-refractivity contribution is 5.99. The van der Waals surface area contributed by atoms with Gasteiger partial charge in [-0.25, -0.2) is 9.18 Å². The molecule has 1 aliphatic heterocycles. The van der Waals surface area contributed by atoms with Crippen LogP contribution in [0.2, 0.25) is 0 Å². The third-order valence-electron chi connectivity index (χ3n) is 7.76. The molecule has 43 heavy (non-hydrogen) atoms. The van der Waals surface area contributed by atoms with Gasteiger partial charge in [-0.15, -0.1) is 0 Å². The lowest BCUT2D eigenvalue weighted by atomic mass is 10.0. The topological polar surface area (TPSA) is 104 Å². The van der Waals surface area contributed by atoms with Crippen LogP contribution >= 0.6 is 0 Å². The molecule has 4 aromatic rings. The van der Waals surface area contributed by atoms with Crippen LogP contribution in [0.5, 0.6) is 5.75 Å². The second-order valence-electron chi connectivity index (χ2n) is 11.2. The smallest absolute Gasteiger partial charge is 0.318 e. The number of likely N-dealkylation sites (tertiary alicyclic amines) is 1. The number of aryl methyl sites for hydroxylation is 1. The summed E-state index contributed by atoms with van der Waals surface area (Å²) in [5.41, 5.74) is 9.97. The number of benzene rings is 3. The Balaban J connectivity index is 0.000000353. The lowest BCUT2D eigenvalue weighted by Crippen LogP contribution is -2.55. The first-order chi connectivity index (χ1) is 20.7. The highest BCUT2D eigenvalue weighted by Crippen LogP contribution is 2.22. The summed E-state index contributed by atoms with van der Waals surface area (Å²) in [6, 6.07) is 20.8. The number of ether oxygens (including phenoxy) is 1. The van der Waals surface area contributed by atoms with E-state index >= 15 is 0 Å². The van der Waals surface area contributed by atoms with E-state index in [2.05, 4.69) is 35.4 Å². The number of anilines is 1. The van der Waals surface area contributed by atoms with Crippen molar-refractivity contribution in [2.24, 2.45) is 11.7 Å². The second kappa shape index (κ2) is 14.7. The highest BCUT2D eigenvalue weighted by atomic mass is 19.1. The maximum atomic E-state index is 13.3. The van der Waals surface area contributed by atoms with Crippen molar-refractivity contribution in [2.75, 3.05) is 25.0 Å². The number of fused-ring (bicyclic) bond motifs is 1. The molecule has 8 nitrogen and oxygen atoms in total. The van der Waals surface area contributed by atoms with Crippen LogP contribution in [0.25, 0.3) is 10.9 Å². The number of carbonyl (C=O) groups excluding carboxylic acids is 2. The first-order valence-electron chi connectivity index (χ1n) is 14.7. The summed E-state index contributed by atoms with van der Waals surface area (Å²) in [5.74, 6) is 0.0351. The monoisotopic (exact) mass is 587 g/mol. The van der Waals surface area contributed by atoms with Crippen LogP contribution < -0.4 is 20.7 Å². The molecule has 3 amide bonds. The molecule has 0 spiro atoms. The van der Waals surface area contributed by atoms with Crippen molar-refractivity contribution < 1.29 is 18.7 Å². The molecule has 4 N–H and O–H groups in total. The average molecular weight is 588 g/mol. The van der Waals surface area contributed by atoms with Crippen LogP contribution in [-0.2, 0) is 11.3 Å². The zero-order valence-corrected chi connectivity index (χ0v) is 25.3. The van der Waals surface area contributed by atoms with Gasteiger partial charge < -0.3 is 30.6 Å². The van der Waals surface area contributed by atoms with Crippen LogP contribution in [0.4, 0.5) is 14.9 Å². The van der Waals surface area contributed by atoms with Crippen LogP contribution in [0.1, 0.15) is 37.8 Å². The second-order valence-corrected chi connectivity index (χ2v) is 11.2. The number of halogens is 1. The number of hydrogen-bond donors (Lipinski definition) is 3. The number of aromatic nitrogens is 1. The molecule has 0 saturated carbocycles. The number of rotatable bonds is 7. The van der Waals surface area contributed by atoms with Gasteiger partial charge in [0.1, 0.15) is 23.7 Å². The molecule has 1 unspecified atom stereocenters. The van der Waals surface area contributed by atoms with Gasteiger partial charge in [-0.2, -0.15) is 0 Å². The van der Waals surface area contributed by atoms with E-state index in [0.717, 1.165) is 11.3 Å². The average Bonchev–Trinajstić information content (AvgIpc) is 3.41. The zero-order valence-electron chi connectivity index (χ0n) is 25.3. The van der Waals surface area contributed by atoms with E-state index in [1.807, 2.05) is 50.4 Å². The number of para-hydroxylation sites is 2. The maximum absolute atomic E-state index is 13.3. The van der Waals surface area contributed by atoms with Gasteiger partial charge in [0, 0.05) is 62.3 Å². The molecular formula is C34H42FN5O3. The van der Waals surface area contributed by atoms with Crippen LogP contribution in [0.3, 0.4) is 0 Å². The molecule has 1 aliphatic rings. The van der Waals surface area contributed by atoms with Crippen molar-refractivity contribution in [3.8, 4) is 5.75 Å². The fourth-order valence-corrected chi connectivity index (χ4v) is 5.17. The Morgan fingerprint density at radius 1 is 1.05 bits per heavy atom. The van der Waals surface area contributed by atoms with Crippen molar-refractivity contribution in [2.45, 2.75) is 52.3 Å². The number of carbonyl (C=O) groups is 2. The number of piperidine rings is 1. The summed E-state index contributed by atoms with van der Waals surface area (Å²) in [6.45, 7) is 7.29. The van der Waals surface area contributed by atoms with Gasteiger partial charge in [0.2, 0.25) is 5.91 Å². The Kier molecular flexibility index (Phi) is 10.8. The molecule has 2 heterocycles. The molecule has 0 aliphatic carbocycles. The minimum atomic E-state index is -0.665. The Morgan fingerprint density at radius 3 is 2.35 bits per heavy atom. The number of H-pyrrole nitrogens is 1. The molecule has 3 aromatic carbocycles. The molecule has 228 valence electrons. The Bertz CT molecular complexity index is 1500. The Hall–Kier alpha value is -4.37. The van der Waals surface area contributed by atoms with E-state index in [1.54, 1.807) is 29.0 Å². The fourth-order valence-electron chi connectivity index (χ4n) is 5.17. The van der Waals surface area contributed by atoms with Gasteiger partial charge >= 0.3 is 6.03 Å². The van der Waals surface area contributed by atoms with Gasteiger partial charge in [-0.1, -0.05) is 50.2 Å². The van der Waals surface area contributed by atoms with E-state index < -0.39 is 6.04 Å². The number of aromatic amines is 1. The number of likely N-dealkylation sites (N-methyl/N-ethyl adjacent to an activating group) is 1. The fraction of sp³-hybridized carbons (Fsp3) is 0.353. The first-order valence-corrected chi connectivity index (χ1v) is 14.7. The summed E-state index contributed by atoms with van der Waals surface area (Å²) in [6.07, 6.45) is 3.31. The molecule has 1 fully saturated rings. The number of nitrogens with zero attached hydrogens (tertiary/aromatic N) is 2. The van der Waals surface area contributed by atoms with Gasteiger partial charge in [0.25, 0.3) is 0 Å². The summed E-state index contributed by atoms with van der Waals surface area (Å²) in [5, 5.41) is 4.25. The third-order valence-corrected chi connectivity index (χ3v) is 7.76. The zero-order chi connectivity index (χ0) is 30.9. The number of hydrogen-bond acceptors (Lipinski definition) is 4. The van der Waals surface area contributed by atoms with Gasteiger partial charge in [0.05, 0.1) is 0 Å². The van der Waals surface area contributed by atoms with Crippen molar-refractivity contribution in [1.29, 1.82) is 0 Å². The SMILES string of the molecule is CC(C)C(NC(=O)N1CCC(Oc2ccc(F)cc2)CC1)C(=O)N(C)c1ccccc1CN.Cc1c[nH]c2ccccc12. The molecule has 0 bridgehead atoms. The molecule has 0 radical (unpaired) electrons. The Labute approximate surface area is 253 Å². The summed E-state index contributed by atoms with van der Waals surface area (Å²) >= 11 is 0. The summed E-state index contributed by atoms with van der Waals surface area (Å²) in [4.78, 5) is 32.7. The molecular weight excluding hydrogens is 545 g/mol. The number of amides is 3. The van der Waals surface area contributed by atoms with Crippen molar-refractivity contribution in [3.05, 3.63) is 95.9 Å². The Morgan fingerprint density at radius 2 is 1.70 bits per heavy atom. The predicted molar refractivity (Wildman–Crippen MR) is 170 cm³/mol. The van der Waals surface area contributed by atoms with Gasteiger partial charge in [-0.05, 0) is 60.4 Å². The molecule has 9 heteroatoms. The molecule has 1 aromatic heterocycles. The summed E-state index contributed by atoms with van der Waals surface area (Å²) < 4.78 is 19.0. The molecule has 5 rings (SSSR count). The van der Waals surface area contributed by atoms with Gasteiger partial charge in [-0.3, -0.25) is 4.79 Å². The van der Waals surface area contributed by atoms with Crippen molar-refractivity contribution in [3.63, 3.8) is 0 Å². The number of urea groups is 1. The van der Waals surface area contributed by atoms with E-state index in [1.165, 1.54) is 28.6 Å². The first kappa shape index (κ1) is 31.6. The lowest BCUT2D eigenvalue weighted by molar-refractivity contribution is -0.121. The highest BCUT2D eigenvalue weighted by Gasteiger charge is 2.31. The van der Waals surface area contributed by atoms with E-state index in [-0.39, 0.29) is 29.8 Å². The normalized spacial score (nSPS) is 14.2. The van der Waals surface area contributed by atoms with E-state index in [9.17, 15) is 14.0 Å². The van der Waals surface area contributed by atoms with Crippen molar-refractivity contribution in [1.82, 2.24) is 15.2 Å². The maximum Gasteiger partial charge on any atom is 0.318 e. The van der Waals surface area contributed by atoms with Crippen LogP contribution in [-0.4, -0.2) is 54.1 Å². The largest absolute Gasteiger partial charge is 0.490 e. The minimum absolute atomic E-state index is 0.0408. The molecule has 1 atom stereocenters. The molecule has 1 saturated heterocycles. The van der Waals surface area contributed by atoms with E-state index in [0.29, 0.717) is 38.2 Å². The van der Waals surface area contributed by atoms with Crippen molar-refractivity contribution >= 4 is 28.5 Å². The van der Waals surface area contributed by atoms with Gasteiger partial charge in [0.15, 0.2) is 0 Å². The van der Waals surface area contributed by atoms with Crippen LogP contribution in [0, 0.1) is 18.7 Å². The number of nitrogens with one attached hydrogen (secondary N) is 2. The lowest BCUT2D eigenvalue weighted by Gasteiger charge is -2.34. The van der Waals surface area contributed by atoms with E-state index in [4.69, 9.17) is 10.5 Å². The standard InChI is InChI=1S/C25H33FN4O3.C9H9N/c1-17(2)23(24(31)29(3)22-7-5-4-6-18(22)16-27)28-25(32)30-14-12-21(13-15-30)33-20-10-8-19(26)9-11-20;1-7-6-10-9-5-3-2-4-8(7)9/h4-11,17,21,23H,12-16,27H2,1-3H3,(H,28,32);2-6,10H,1H3. The number of nitrogens with two attached hydrogens (primary N) is 1. The predicted octanol–water partition coefficient (Wildman–Crippen LogP) is 6.00.